The van der Waals surface area contributed by atoms with Crippen molar-refractivity contribution in [3.8, 4) is 11.3 Å². The van der Waals surface area contributed by atoms with Crippen molar-refractivity contribution in [3.05, 3.63) is 83.4 Å². The van der Waals surface area contributed by atoms with Gasteiger partial charge in [-0.1, -0.05) is 61.7 Å². The third-order valence-corrected chi connectivity index (χ3v) is 6.37. The first-order valence-electron chi connectivity index (χ1n) is 12.0. The number of benzene rings is 3. The van der Waals surface area contributed by atoms with Crippen molar-refractivity contribution in [2.75, 3.05) is 18.4 Å². The molecule has 0 saturated carbocycles. The normalized spacial score (nSPS) is 11.9. The lowest BCUT2D eigenvalue weighted by Crippen LogP contribution is -2.24. The van der Waals surface area contributed by atoms with E-state index in [0.29, 0.717) is 23.2 Å². The van der Waals surface area contributed by atoms with Gasteiger partial charge in [0.05, 0.1) is 11.1 Å². The number of hydrogen-bond acceptors (Lipinski definition) is 4. The molecular weight excluding hydrogens is 424 g/mol. The maximum atomic E-state index is 13.3. The van der Waals surface area contributed by atoms with Gasteiger partial charge in [0.2, 0.25) is 0 Å². The number of amides is 1. The van der Waals surface area contributed by atoms with E-state index in [1.807, 2.05) is 66.7 Å². The van der Waals surface area contributed by atoms with Crippen LogP contribution in [0.15, 0.2) is 66.7 Å². The van der Waals surface area contributed by atoms with Gasteiger partial charge in [0.1, 0.15) is 5.69 Å². The summed E-state index contributed by atoms with van der Waals surface area (Å²) >= 11 is 0. The molecule has 0 saturated heterocycles. The van der Waals surface area contributed by atoms with Crippen LogP contribution in [0.25, 0.3) is 22.2 Å². The Bertz CT molecular complexity index is 1330. The fourth-order valence-corrected chi connectivity index (χ4v) is 4.63. The Labute approximate surface area is 198 Å². The molecule has 34 heavy (non-hydrogen) atoms. The van der Waals surface area contributed by atoms with E-state index >= 15 is 0 Å². The predicted octanol–water partition coefficient (Wildman–Crippen LogP) is 5.57. The molecule has 1 aliphatic carbocycles. The van der Waals surface area contributed by atoms with Gasteiger partial charge in [-0.05, 0) is 37.1 Å². The molecule has 0 unspecified atom stereocenters. The number of fused-ring (bicyclic) bond motifs is 2. The van der Waals surface area contributed by atoms with Crippen molar-refractivity contribution in [1.29, 1.82) is 0 Å². The first kappa shape index (κ1) is 21.9. The first-order valence-corrected chi connectivity index (χ1v) is 12.0. The molecule has 3 N–H and O–H groups in total. The van der Waals surface area contributed by atoms with Crippen LogP contribution < -0.4 is 10.6 Å². The molecule has 1 amide bonds. The number of hydrogen-bond donors (Lipinski definition) is 3. The van der Waals surface area contributed by atoms with Crippen LogP contribution in [0.5, 0.6) is 0 Å². The first-order chi connectivity index (χ1) is 16.7. The molecule has 5 rings (SSSR count). The Balaban J connectivity index is 1.08. The quantitative estimate of drug-likeness (QED) is 0.242. The number of rotatable bonds is 10. The highest BCUT2D eigenvalue weighted by molar-refractivity contribution is 6.27. The fraction of sp³-hybridized carbons (Fsp3) is 0.250. The molecule has 0 fully saturated rings. The molecule has 1 aliphatic rings. The van der Waals surface area contributed by atoms with Gasteiger partial charge < -0.3 is 10.6 Å². The largest absolute Gasteiger partial charge is 0.384 e. The monoisotopic (exact) mass is 452 g/mol. The van der Waals surface area contributed by atoms with E-state index in [-0.39, 0.29) is 11.7 Å². The number of carbonyl (C=O) groups is 2. The number of aromatic amines is 1. The van der Waals surface area contributed by atoms with Crippen LogP contribution in [-0.4, -0.2) is 35.0 Å². The number of H-pyrrole nitrogens is 1. The second-order valence-corrected chi connectivity index (χ2v) is 8.67. The lowest BCUT2D eigenvalue weighted by molar-refractivity contribution is 0.0952. The number of nitrogens with one attached hydrogen (secondary N) is 3. The minimum atomic E-state index is -0.0104. The molecule has 1 aromatic heterocycles. The van der Waals surface area contributed by atoms with Crippen LogP contribution in [0.2, 0.25) is 0 Å². The number of anilines is 1. The molecule has 6 nitrogen and oxygen atoms in total. The average molecular weight is 453 g/mol. The van der Waals surface area contributed by atoms with Crippen molar-refractivity contribution in [1.82, 2.24) is 15.5 Å². The Hall–Kier alpha value is -3.93. The van der Waals surface area contributed by atoms with E-state index in [0.717, 1.165) is 66.5 Å². The summed E-state index contributed by atoms with van der Waals surface area (Å²) in [6.07, 6.45) is 5.31. The van der Waals surface area contributed by atoms with Crippen LogP contribution in [0, 0.1) is 0 Å². The molecule has 0 radical (unpaired) electrons. The summed E-state index contributed by atoms with van der Waals surface area (Å²) in [4.78, 5) is 25.3. The molecule has 172 valence electrons. The van der Waals surface area contributed by atoms with Crippen LogP contribution >= 0.6 is 0 Å². The predicted molar refractivity (Wildman–Crippen MR) is 135 cm³/mol. The molecule has 6 heteroatoms. The second-order valence-electron chi connectivity index (χ2n) is 8.67. The number of unbranched alkanes of at least 4 members (excludes halogenated alkanes) is 4. The molecule has 1 heterocycles. The zero-order chi connectivity index (χ0) is 23.3. The summed E-state index contributed by atoms with van der Waals surface area (Å²) in [5.74, 6) is 0.0406. The highest BCUT2D eigenvalue weighted by Crippen LogP contribution is 2.40. The summed E-state index contributed by atoms with van der Waals surface area (Å²) in [7, 11) is 0. The van der Waals surface area contributed by atoms with Gasteiger partial charge in [0.15, 0.2) is 5.78 Å². The van der Waals surface area contributed by atoms with E-state index in [1.165, 1.54) is 0 Å². The minimum absolute atomic E-state index is 0.0104. The zero-order valence-corrected chi connectivity index (χ0v) is 19.1. The summed E-state index contributed by atoms with van der Waals surface area (Å²) in [6.45, 7) is 1.51. The standard InChI is InChI=1S/C28H28N4O2/c33-27-21-14-10-16-23-24(21)26(32-31-23)20-13-9-15-22(25(20)27)29-17-7-2-1-3-8-18-30-28(34)19-11-5-4-6-12-19/h4-6,9-16,29H,1-3,7-8,17-18H2,(H,30,34)(H,31,32). The summed E-state index contributed by atoms with van der Waals surface area (Å²) in [6, 6.07) is 21.0. The summed E-state index contributed by atoms with van der Waals surface area (Å²) < 4.78 is 0. The third kappa shape index (κ3) is 4.31. The number of nitrogens with zero attached hydrogens (tertiary/aromatic N) is 1. The molecule has 0 atom stereocenters. The SMILES string of the molecule is O=C(NCCCCCCCNc1cccc2c1C(=O)c1cccc3[nH]nc-2c13)c1ccccc1. The van der Waals surface area contributed by atoms with Crippen LogP contribution in [0.4, 0.5) is 5.69 Å². The summed E-state index contributed by atoms with van der Waals surface area (Å²) in [5, 5.41) is 14.9. The highest BCUT2D eigenvalue weighted by atomic mass is 16.1. The van der Waals surface area contributed by atoms with Gasteiger partial charge in [-0.2, -0.15) is 5.10 Å². The van der Waals surface area contributed by atoms with E-state index < -0.39 is 0 Å². The van der Waals surface area contributed by atoms with Crippen molar-refractivity contribution < 1.29 is 9.59 Å². The van der Waals surface area contributed by atoms with Gasteiger partial charge in [-0.25, -0.2) is 0 Å². The van der Waals surface area contributed by atoms with E-state index in [1.54, 1.807) is 0 Å². The molecule has 4 aromatic rings. The number of ketones is 1. The van der Waals surface area contributed by atoms with Gasteiger partial charge in [-0.3, -0.25) is 14.7 Å². The van der Waals surface area contributed by atoms with Crippen LogP contribution in [0.3, 0.4) is 0 Å². The number of aromatic nitrogens is 2. The van der Waals surface area contributed by atoms with Crippen LogP contribution in [0.1, 0.15) is 58.4 Å². The second kappa shape index (κ2) is 9.91. The molecule has 0 bridgehead atoms. The maximum absolute atomic E-state index is 13.3. The Morgan fingerprint density at radius 3 is 2.38 bits per heavy atom. The third-order valence-electron chi connectivity index (χ3n) is 6.37. The van der Waals surface area contributed by atoms with Gasteiger partial charge in [0, 0.05) is 40.9 Å². The van der Waals surface area contributed by atoms with Gasteiger partial charge in [0.25, 0.3) is 5.91 Å². The van der Waals surface area contributed by atoms with E-state index in [2.05, 4.69) is 20.8 Å². The lowest BCUT2D eigenvalue weighted by atomic mass is 9.86. The van der Waals surface area contributed by atoms with Crippen molar-refractivity contribution in [2.45, 2.75) is 32.1 Å². The molecule has 0 aliphatic heterocycles. The summed E-state index contributed by atoms with van der Waals surface area (Å²) in [5.41, 5.74) is 5.63. The van der Waals surface area contributed by atoms with E-state index in [9.17, 15) is 9.59 Å². The fourth-order valence-electron chi connectivity index (χ4n) is 4.63. The molecule has 0 spiro atoms. The van der Waals surface area contributed by atoms with Gasteiger partial charge in [-0.15, -0.1) is 0 Å². The molecule has 3 aromatic carbocycles. The smallest absolute Gasteiger partial charge is 0.251 e. The van der Waals surface area contributed by atoms with Crippen molar-refractivity contribution in [3.63, 3.8) is 0 Å². The number of carbonyl (C=O) groups excluding carboxylic acids is 2. The lowest BCUT2D eigenvalue weighted by Gasteiger charge is -2.19. The Morgan fingerprint density at radius 2 is 1.53 bits per heavy atom. The van der Waals surface area contributed by atoms with Gasteiger partial charge >= 0.3 is 0 Å². The van der Waals surface area contributed by atoms with Crippen molar-refractivity contribution >= 4 is 28.3 Å². The van der Waals surface area contributed by atoms with Crippen molar-refractivity contribution in [2.24, 2.45) is 0 Å². The van der Waals surface area contributed by atoms with E-state index in [4.69, 9.17) is 0 Å². The topological polar surface area (TPSA) is 86.9 Å². The molecular formula is C28H28N4O2. The van der Waals surface area contributed by atoms with Crippen LogP contribution in [-0.2, 0) is 0 Å². The average Bonchev–Trinajstić information content (AvgIpc) is 3.31. The maximum Gasteiger partial charge on any atom is 0.251 e. The Morgan fingerprint density at radius 1 is 0.794 bits per heavy atom. The highest BCUT2D eigenvalue weighted by Gasteiger charge is 2.29. The zero-order valence-electron chi connectivity index (χ0n) is 19.1. The minimum Gasteiger partial charge on any atom is -0.384 e. The Kier molecular flexibility index (Phi) is 6.38.